The summed E-state index contributed by atoms with van der Waals surface area (Å²) < 4.78 is 21.4. The maximum absolute atomic E-state index is 7.27. The van der Waals surface area contributed by atoms with Gasteiger partial charge in [-0.15, -0.1) is 34.0 Å². The van der Waals surface area contributed by atoms with E-state index < -0.39 is 0 Å². The van der Waals surface area contributed by atoms with Crippen LogP contribution in [-0.4, -0.2) is 0 Å². The predicted octanol–water partition coefficient (Wildman–Crippen LogP) is 32.5. The Balaban J connectivity index is 0.675. The summed E-state index contributed by atoms with van der Waals surface area (Å²) in [7, 11) is 0. The fourth-order valence-electron chi connectivity index (χ4n) is 18.8. The summed E-state index contributed by atoms with van der Waals surface area (Å²) in [5.41, 5.74) is 26.3. The van der Waals surface area contributed by atoms with E-state index in [-0.39, 0.29) is 5.41 Å². The Morgan fingerprint density at radius 2 is 0.711 bits per heavy atom. The zero-order valence-corrected chi connectivity index (χ0v) is 64.5. The van der Waals surface area contributed by atoms with E-state index in [0.717, 1.165) is 133 Å². The molecule has 0 spiro atoms. The Morgan fingerprint density at radius 3 is 1.44 bits per heavy atom. The molecule has 24 rings (SSSR count). The van der Waals surface area contributed by atoms with Crippen molar-refractivity contribution in [1.82, 2.24) is 0 Å². The average molecular weight is 1510 g/mol. The van der Waals surface area contributed by atoms with Gasteiger partial charge >= 0.3 is 0 Å². The van der Waals surface area contributed by atoms with Gasteiger partial charge in [0.05, 0.1) is 11.4 Å². The first-order valence-corrected chi connectivity index (χ1v) is 41.4. The molecule has 5 aromatic heterocycles. The third-order valence-corrected chi connectivity index (χ3v) is 27.7. The number of anilines is 6. The number of rotatable bonds is 11. The predicted molar refractivity (Wildman–Crippen MR) is 489 cm³/mol. The van der Waals surface area contributed by atoms with Crippen LogP contribution in [0.4, 0.5) is 34.1 Å². The van der Waals surface area contributed by atoms with Crippen molar-refractivity contribution in [3.8, 4) is 66.8 Å². The number of para-hydroxylation sites is 2. The van der Waals surface area contributed by atoms with Crippen molar-refractivity contribution in [3.63, 3.8) is 0 Å². The number of furan rings is 2. The van der Waals surface area contributed by atoms with Gasteiger partial charge in [-0.2, -0.15) is 0 Å². The zero-order chi connectivity index (χ0) is 75.0. The van der Waals surface area contributed by atoms with E-state index in [0.29, 0.717) is 0 Å². The molecule has 1 aliphatic carbocycles. The monoisotopic (exact) mass is 1510 g/mol. The smallest absolute Gasteiger partial charge is 0.143 e. The van der Waals surface area contributed by atoms with E-state index in [9.17, 15) is 0 Å². The van der Waals surface area contributed by atoms with E-state index >= 15 is 0 Å². The number of fused-ring (bicyclic) bond motifs is 20. The maximum Gasteiger partial charge on any atom is 0.143 e. The zero-order valence-electron chi connectivity index (χ0n) is 62.1. The number of hydrogen-bond donors (Lipinski definition) is 0. The van der Waals surface area contributed by atoms with Crippen molar-refractivity contribution in [3.05, 3.63) is 375 Å². The van der Waals surface area contributed by atoms with E-state index in [1.54, 1.807) is 0 Å². The normalized spacial score (nSPS) is 12.7. The van der Waals surface area contributed by atoms with Crippen LogP contribution in [0.25, 0.3) is 193 Å². The van der Waals surface area contributed by atoms with Crippen LogP contribution in [-0.2, 0) is 5.41 Å². The van der Waals surface area contributed by atoms with Crippen LogP contribution in [0.5, 0.6) is 0 Å². The van der Waals surface area contributed by atoms with Crippen molar-refractivity contribution in [2.24, 2.45) is 0 Å². The van der Waals surface area contributed by atoms with Crippen molar-refractivity contribution in [2.75, 3.05) is 9.80 Å². The molecule has 0 bridgehead atoms. The topological polar surface area (TPSA) is 32.8 Å². The standard InChI is InChI=1S/C107H66N2O2S3/c1-107(2)90-28-11-5-22-79(90)80-47-36-65(58-91(80)107)63-34-42-71(43-35-63)108(74-45-55-100-89(62-74)84-26-10-16-33-99(84)112-100)92-53-41-68-56-67(37-46-76(68)104(92)70-39-49-86-83-25-9-15-32-98(83)114-102(86)60-70)77-50-51-78(106-105(77)87-27-7-13-30-95(87)111-106)66-19-17-20-72(57-66)109(73-44-54-96-88(61-73)81-23-6-12-29-94(81)110-96)93-52-40-64-18-3-4-21-75(64)103(93)69-38-48-85-82-24-8-14-31-97(82)113-101(85)59-69/h3-62H,1-2H3. The molecule has 0 fully saturated rings. The van der Waals surface area contributed by atoms with Gasteiger partial charge in [0.15, 0.2) is 0 Å². The van der Waals surface area contributed by atoms with Gasteiger partial charge in [-0.3, -0.25) is 0 Å². The second-order valence-corrected chi connectivity index (χ2v) is 34.2. The first kappa shape index (κ1) is 65.1. The fraction of sp³-hybridized carbons (Fsp3) is 0.0280. The van der Waals surface area contributed by atoms with Crippen molar-refractivity contribution in [2.45, 2.75) is 19.3 Å². The Kier molecular flexibility index (Phi) is 14.4. The summed E-state index contributed by atoms with van der Waals surface area (Å²) in [6.07, 6.45) is 0. The quantitative estimate of drug-likeness (QED) is 0.129. The highest BCUT2D eigenvalue weighted by Crippen LogP contribution is 2.55. The van der Waals surface area contributed by atoms with E-state index in [4.69, 9.17) is 8.83 Å². The van der Waals surface area contributed by atoms with Gasteiger partial charge in [0.1, 0.15) is 22.3 Å². The molecule has 5 heterocycles. The van der Waals surface area contributed by atoms with Crippen LogP contribution in [0, 0.1) is 0 Å². The van der Waals surface area contributed by atoms with Gasteiger partial charge in [0.2, 0.25) is 0 Å². The minimum Gasteiger partial charge on any atom is -0.456 e. The molecule has 114 heavy (non-hydrogen) atoms. The third kappa shape index (κ3) is 10.1. The summed E-state index contributed by atoms with van der Waals surface area (Å²) in [5.74, 6) is 0. The first-order valence-electron chi connectivity index (χ1n) is 39.0. The van der Waals surface area contributed by atoms with Gasteiger partial charge in [-0.25, -0.2) is 0 Å². The second-order valence-electron chi connectivity index (χ2n) is 30.9. The van der Waals surface area contributed by atoms with Crippen molar-refractivity contribution >= 4 is 194 Å². The van der Waals surface area contributed by atoms with Crippen LogP contribution in [0.15, 0.2) is 373 Å². The lowest BCUT2D eigenvalue weighted by Crippen LogP contribution is -2.14. The lowest BCUT2D eigenvalue weighted by Gasteiger charge is -2.29. The van der Waals surface area contributed by atoms with Gasteiger partial charge < -0.3 is 18.6 Å². The SMILES string of the molecule is CC1(C)c2ccccc2-c2ccc(-c3ccc(N(c4ccc5sc6ccccc6c5c4)c4ccc5cc(-c6ccc(-c7cccc(N(c8ccc9oc%10ccccc%10c9c8)c8ccc9ccccc9c8-c8ccc9c(c8)sc8ccccc89)c7)c7oc8ccccc8c67)ccc5c4-c4ccc5c(c4)sc4ccccc45)cc3)cc21. The summed E-state index contributed by atoms with van der Waals surface area (Å²) in [5, 5.41) is 16.5. The van der Waals surface area contributed by atoms with Gasteiger partial charge in [0.25, 0.3) is 0 Å². The van der Waals surface area contributed by atoms with Crippen LogP contribution in [0.3, 0.4) is 0 Å². The highest BCUT2D eigenvalue weighted by atomic mass is 32.1. The lowest BCUT2D eigenvalue weighted by molar-refractivity contribution is 0.660. The Bertz CT molecular complexity index is 8000. The van der Waals surface area contributed by atoms with Crippen molar-refractivity contribution in [1.29, 1.82) is 0 Å². The largest absolute Gasteiger partial charge is 0.456 e. The van der Waals surface area contributed by atoms with Gasteiger partial charge in [0, 0.05) is 127 Å². The minimum absolute atomic E-state index is 0.113. The number of hydrogen-bond acceptors (Lipinski definition) is 7. The van der Waals surface area contributed by atoms with Gasteiger partial charge in [-0.1, -0.05) is 244 Å². The third-order valence-electron chi connectivity index (χ3n) is 24.3. The molecule has 0 saturated heterocycles. The molecular weight excluding hydrogens is 1440 g/mol. The Morgan fingerprint density at radius 1 is 0.237 bits per heavy atom. The summed E-state index contributed by atoms with van der Waals surface area (Å²) in [4.78, 5) is 4.97. The van der Waals surface area contributed by atoms with E-state index in [1.807, 2.05) is 40.1 Å². The molecule has 23 aromatic rings. The second kappa shape index (κ2) is 25.2. The van der Waals surface area contributed by atoms with Crippen LogP contribution < -0.4 is 9.80 Å². The number of benzene rings is 18. The molecule has 0 saturated carbocycles. The minimum atomic E-state index is -0.113. The fourth-order valence-corrected chi connectivity index (χ4v) is 22.2. The lowest BCUT2D eigenvalue weighted by atomic mass is 9.81. The van der Waals surface area contributed by atoms with E-state index in [2.05, 4.69) is 382 Å². The van der Waals surface area contributed by atoms with Gasteiger partial charge in [-0.05, 0) is 216 Å². The molecule has 0 radical (unpaired) electrons. The number of thiophene rings is 3. The van der Waals surface area contributed by atoms with Crippen LogP contribution in [0.1, 0.15) is 25.0 Å². The molecular formula is C107H66N2O2S3. The Hall–Kier alpha value is -13.7. The van der Waals surface area contributed by atoms with Crippen LogP contribution >= 0.6 is 34.0 Å². The molecule has 4 nitrogen and oxygen atoms in total. The highest BCUT2D eigenvalue weighted by Gasteiger charge is 2.36. The first-order chi connectivity index (χ1) is 56.2. The summed E-state index contributed by atoms with van der Waals surface area (Å²) >= 11 is 5.58. The maximum atomic E-state index is 7.27. The summed E-state index contributed by atoms with van der Waals surface area (Å²) in [6, 6.07) is 136. The molecule has 534 valence electrons. The highest BCUT2D eigenvalue weighted by molar-refractivity contribution is 7.26. The van der Waals surface area contributed by atoms with Crippen molar-refractivity contribution < 1.29 is 8.83 Å². The van der Waals surface area contributed by atoms with Crippen LogP contribution in [0.2, 0.25) is 0 Å². The molecule has 7 heteroatoms. The van der Waals surface area contributed by atoms with E-state index in [1.165, 1.54) is 105 Å². The average Bonchev–Trinajstić information content (AvgIpc) is 1.05. The molecule has 1 aliphatic rings. The molecule has 0 aliphatic heterocycles. The molecule has 0 N–H and O–H groups in total. The molecule has 0 amide bonds. The number of nitrogens with zero attached hydrogens (tertiary/aromatic N) is 2. The summed E-state index contributed by atoms with van der Waals surface area (Å²) in [6.45, 7) is 4.73. The molecule has 18 aromatic carbocycles. The molecule has 0 atom stereocenters. The molecule has 0 unspecified atom stereocenters. The Labute approximate surface area is 668 Å².